The lowest BCUT2D eigenvalue weighted by atomic mass is 9.43. The zero-order valence-corrected chi connectivity index (χ0v) is 7.90. The molecule has 0 radical (unpaired) electrons. The van der Waals surface area contributed by atoms with E-state index in [9.17, 15) is 0 Å². The van der Waals surface area contributed by atoms with Crippen LogP contribution in [0.5, 0.6) is 0 Å². The van der Waals surface area contributed by atoms with Gasteiger partial charge in [-0.3, -0.25) is 0 Å². The summed E-state index contributed by atoms with van der Waals surface area (Å²) < 4.78 is 47.3. The highest BCUT2D eigenvalue weighted by molar-refractivity contribution is 5.12. The molecule has 2 unspecified atom stereocenters. The van der Waals surface area contributed by atoms with Gasteiger partial charge in [-0.1, -0.05) is 13.7 Å². The standard InChI is InChI=1S/C12H21N/c1-10-3-9-4-11(2,6-10)8-12(13,5-9)7-10/h9H,3-8,13H2,1-2H3/i1D3,2D3. The molecule has 2 N–H and O–H groups in total. The molecule has 4 aliphatic rings. The Kier molecular flexibility index (Phi) is 0.642. The van der Waals surface area contributed by atoms with Crippen LogP contribution in [-0.4, -0.2) is 5.54 Å². The monoisotopic (exact) mass is 185 g/mol. The predicted octanol–water partition coefficient (Wildman–Crippen LogP) is 2.69. The third kappa shape index (κ3) is 1.09. The fourth-order valence-electron chi connectivity index (χ4n) is 4.51. The summed E-state index contributed by atoms with van der Waals surface area (Å²) in [5.74, 6) is 0.169. The lowest BCUT2D eigenvalue weighted by molar-refractivity contribution is -0.104. The summed E-state index contributed by atoms with van der Waals surface area (Å²) in [4.78, 5) is 0. The maximum atomic E-state index is 7.88. The van der Waals surface area contributed by atoms with E-state index in [4.69, 9.17) is 14.0 Å². The van der Waals surface area contributed by atoms with Gasteiger partial charge in [0.05, 0.1) is 0 Å². The second-order valence-corrected chi connectivity index (χ2v) is 5.93. The molecule has 13 heavy (non-hydrogen) atoms. The maximum absolute atomic E-state index is 7.88. The van der Waals surface area contributed by atoms with Crippen molar-refractivity contribution in [3.63, 3.8) is 0 Å². The van der Waals surface area contributed by atoms with Gasteiger partial charge in [0.1, 0.15) is 0 Å². The molecule has 0 saturated heterocycles. The van der Waals surface area contributed by atoms with Crippen LogP contribution in [0.1, 0.15) is 60.5 Å². The molecule has 0 spiro atoms. The molecule has 0 heterocycles. The predicted molar refractivity (Wildman–Crippen MR) is 54.3 cm³/mol. The largest absolute Gasteiger partial charge is 0.325 e. The average molecular weight is 185 g/mol. The molecule has 0 aliphatic heterocycles. The highest BCUT2D eigenvalue weighted by atomic mass is 14.8. The van der Waals surface area contributed by atoms with Crippen molar-refractivity contribution in [2.45, 2.75) is 57.8 Å². The SMILES string of the molecule is [2H]C([2H])([2H])C12CC3CC(N)(C1)CC(C([2H])([2H])[2H])(C3)C2. The van der Waals surface area contributed by atoms with Gasteiger partial charge in [0, 0.05) is 13.8 Å². The molecule has 4 bridgehead atoms. The van der Waals surface area contributed by atoms with Crippen LogP contribution in [0.25, 0.3) is 0 Å². The number of hydrogen-bond acceptors (Lipinski definition) is 1. The van der Waals surface area contributed by atoms with Crippen molar-refractivity contribution in [1.29, 1.82) is 0 Å². The molecule has 0 aromatic heterocycles. The van der Waals surface area contributed by atoms with Crippen molar-refractivity contribution in [2.75, 3.05) is 0 Å². The molecule has 74 valence electrons. The van der Waals surface area contributed by atoms with Crippen molar-refractivity contribution in [3.05, 3.63) is 0 Å². The van der Waals surface area contributed by atoms with Gasteiger partial charge in [-0.05, 0) is 55.3 Å². The van der Waals surface area contributed by atoms with Crippen molar-refractivity contribution < 1.29 is 8.22 Å². The molecule has 2 atom stereocenters. The third-order valence-electron chi connectivity index (χ3n) is 4.11. The fourth-order valence-corrected chi connectivity index (χ4v) is 4.51. The Hall–Kier alpha value is -0.0400. The minimum Gasteiger partial charge on any atom is -0.325 e. The lowest BCUT2D eigenvalue weighted by Crippen LogP contribution is -2.62. The van der Waals surface area contributed by atoms with Gasteiger partial charge in [0.15, 0.2) is 0 Å². The molecule has 1 nitrogen and oxygen atoms in total. The van der Waals surface area contributed by atoms with Crippen LogP contribution in [0, 0.1) is 16.7 Å². The Morgan fingerprint density at radius 2 is 1.69 bits per heavy atom. The van der Waals surface area contributed by atoms with Crippen molar-refractivity contribution in [1.82, 2.24) is 0 Å². The van der Waals surface area contributed by atoms with E-state index in [1.54, 1.807) is 0 Å². The molecule has 4 rings (SSSR count). The summed E-state index contributed by atoms with van der Waals surface area (Å²) in [6.45, 7) is -4.21. The van der Waals surface area contributed by atoms with E-state index >= 15 is 0 Å². The highest BCUT2D eigenvalue weighted by Crippen LogP contribution is 2.65. The van der Waals surface area contributed by atoms with Crippen LogP contribution in [0.2, 0.25) is 0 Å². The smallest absolute Gasteiger partial charge is 0.0236 e. The highest BCUT2D eigenvalue weighted by Gasteiger charge is 2.58. The Balaban J connectivity index is 2.09. The Labute approximate surface area is 89.5 Å². The molecule has 4 saturated carbocycles. The first kappa shape index (κ1) is 4.22. The molecular weight excluding hydrogens is 158 g/mol. The number of nitrogens with two attached hydrogens (primary N) is 1. The van der Waals surface area contributed by atoms with E-state index in [1.807, 2.05) is 0 Å². The van der Waals surface area contributed by atoms with Crippen molar-refractivity contribution in [2.24, 2.45) is 22.5 Å². The molecular formula is C12H21N. The topological polar surface area (TPSA) is 26.0 Å². The van der Waals surface area contributed by atoms with E-state index in [1.165, 1.54) is 0 Å². The molecule has 0 aromatic rings. The Bertz CT molecular complexity index is 381. The zero-order valence-electron chi connectivity index (χ0n) is 13.9. The first-order valence-corrected chi connectivity index (χ1v) is 5.20. The van der Waals surface area contributed by atoms with Crippen LogP contribution >= 0.6 is 0 Å². The second kappa shape index (κ2) is 1.98. The normalized spacial score (nSPS) is 73.2. The van der Waals surface area contributed by atoms with E-state index in [-0.39, 0.29) is 5.92 Å². The number of hydrogen-bond donors (Lipinski definition) is 1. The number of rotatable bonds is 0. The van der Waals surface area contributed by atoms with E-state index in [0.29, 0.717) is 32.1 Å². The zero-order chi connectivity index (χ0) is 14.3. The summed E-state index contributed by atoms with van der Waals surface area (Å²) >= 11 is 0. The van der Waals surface area contributed by atoms with Gasteiger partial charge in [-0.2, -0.15) is 0 Å². The third-order valence-corrected chi connectivity index (χ3v) is 4.11. The van der Waals surface area contributed by atoms with Gasteiger partial charge in [-0.25, -0.2) is 0 Å². The van der Waals surface area contributed by atoms with Crippen molar-refractivity contribution >= 4 is 0 Å². The minimum absolute atomic E-state index is 0.169. The van der Waals surface area contributed by atoms with Gasteiger partial charge >= 0.3 is 0 Å². The first-order chi connectivity index (χ1) is 8.41. The maximum Gasteiger partial charge on any atom is 0.0236 e. The molecule has 4 fully saturated rings. The van der Waals surface area contributed by atoms with Crippen LogP contribution in [0.15, 0.2) is 0 Å². The van der Waals surface area contributed by atoms with E-state index < -0.39 is 30.1 Å². The van der Waals surface area contributed by atoms with E-state index in [0.717, 1.165) is 6.42 Å². The second-order valence-electron chi connectivity index (χ2n) is 5.93. The van der Waals surface area contributed by atoms with Crippen molar-refractivity contribution in [3.8, 4) is 0 Å². The minimum atomic E-state index is -2.10. The summed E-state index contributed by atoms with van der Waals surface area (Å²) in [7, 11) is 0. The van der Waals surface area contributed by atoms with E-state index in [2.05, 4.69) is 0 Å². The molecule has 0 aromatic carbocycles. The quantitative estimate of drug-likeness (QED) is 0.617. The molecule has 4 aliphatic carbocycles. The van der Waals surface area contributed by atoms with Gasteiger partial charge in [0.25, 0.3) is 0 Å². The summed E-state index contributed by atoms with van der Waals surface area (Å²) in [6, 6.07) is 0. The lowest BCUT2D eigenvalue weighted by Gasteiger charge is -2.64. The fraction of sp³-hybridized carbons (Fsp3) is 1.00. The molecule has 1 heteroatoms. The van der Waals surface area contributed by atoms with Crippen LogP contribution < -0.4 is 5.73 Å². The first-order valence-electron chi connectivity index (χ1n) is 8.20. The van der Waals surface area contributed by atoms with Gasteiger partial charge < -0.3 is 5.73 Å². The molecule has 0 amide bonds. The van der Waals surface area contributed by atoms with Gasteiger partial charge in [-0.15, -0.1) is 0 Å². The summed E-state index contributed by atoms with van der Waals surface area (Å²) in [5.41, 5.74) is 4.07. The van der Waals surface area contributed by atoms with Gasteiger partial charge in [0.2, 0.25) is 0 Å². The Morgan fingerprint density at radius 3 is 2.15 bits per heavy atom. The van der Waals surface area contributed by atoms with Crippen LogP contribution in [0.4, 0.5) is 0 Å². The van der Waals surface area contributed by atoms with Crippen LogP contribution in [-0.2, 0) is 0 Å². The van der Waals surface area contributed by atoms with Crippen LogP contribution in [0.3, 0.4) is 0 Å². The summed E-state index contributed by atoms with van der Waals surface area (Å²) in [6.07, 6.45) is 3.27. The Morgan fingerprint density at radius 1 is 1.08 bits per heavy atom. The average Bonchev–Trinajstić information content (AvgIpc) is 2.09. The summed E-state index contributed by atoms with van der Waals surface area (Å²) in [5, 5.41) is 0.